The molecular formula is C29H27O2PS. The van der Waals surface area contributed by atoms with Crippen molar-refractivity contribution in [3.8, 4) is 0 Å². The third-order valence-electron chi connectivity index (χ3n) is 5.59. The first-order valence-corrected chi connectivity index (χ1v) is 14.5. The van der Waals surface area contributed by atoms with Gasteiger partial charge in [0.2, 0.25) is 0 Å². The summed E-state index contributed by atoms with van der Waals surface area (Å²) in [4.78, 5) is 0.377. The molecule has 0 heterocycles. The van der Waals surface area contributed by atoms with Gasteiger partial charge in [0.25, 0.3) is 0 Å². The normalized spacial score (nSPS) is 12.0. The van der Waals surface area contributed by atoms with Crippen molar-refractivity contribution in [2.75, 3.05) is 5.75 Å². The monoisotopic (exact) mass is 470 g/mol. The minimum atomic E-state index is -3.29. The number of hydrogen-bond donors (Lipinski definition) is 0. The summed E-state index contributed by atoms with van der Waals surface area (Å²) in [5, 5.41) is 3.80. The fraction of sp³-hybridized carbons (Fsp3) is 0.0690. The molecule has 4 rings (SSSR count). The molecule has 0 aliphatic carbocycles. The topological polar surface area (TPSA) is 34.1 Å². The molecule has 0 N–H and O–H groups in total. The number of allylic oxidation sites excluding steroid dienone is 2. The van der Waals surface area contributed by atoms with E-state index in [0.717, 1.165) is 0 Å². The molecule has 0 aliphatic heterocycles. The highest BCUT2D eigenvalue weighted by molar-refractivity contribution is 7.94. The Balaban J connectivity index is 1.74. The molecule has 0 bridgehead atoms. The summed E-state index contributed by atoms with van der Waals surface area (Å²) in [5.41, 5.74) is 0. The summed E-state index contributed by atoms with van der Waals surface area (Å²) < 4.78 is 25.2. The Kier molecular flexibility index (Phi) is 7.44. The fourth-order valence-electron chi connectivity index (χ4n) is 3.95. The maximum Gasteiger partial charge on any atom is 0.178 e. The van der Waals surface area contributed by atoms with Crippen LogP contribution < -0.4 is 15.9 Å². The quantitative estimate of drug-likeness (QED) is 0.332. The van der Waals surface area contributed by atoms with E-state index in [1.54, 1.807) is 24.3 Å². The number of hydrogen-bond acceptors (Lipinski definition) is 2. The van der Waals surface area contributed by atoms with E-state index < -0.39 is 16.7 Å². The lowest BCUT2D eigenvalue weighted by atomic mass is 10.4. The van der Waals surface area contributed by atoms with Crippen LogP contribution in [0.4, 0.5) is 0 Å². The van der Waals surface area contributed by atoms with Crippen LogP contribution in [0.1, 0.15) is 6.42 Å². The predicted molar refractivity (Wildman–Crippen MR) is 143 cm³/mol. The Morgan fingerprint density at radius 1 is 0.576 bits per heavy atom. The van der Waals surface area contributed by atoms with Crippen molar-refractivity contribution < 1.29 is 8.42 Å². The van der Waals surface area contributed by atoms with Gasteiger partial charge < -0.3 is 0 Å². The van der Waals surface area contributed by atoms with E-state index in [1.807, 2.05) is 30.3 Å². The average molecular weight is 471 g/mol. The van der Waals surface area contributed by atoms with Crippen molar-refractivity contribution in [3.63, 3.8) is 0 Å². The largest absolute Gasteiger partial charge is 0.224 e. The SMILES string of the molecule is O=S(=O)(CC/C=C/C=P(c1ccccc1)(c1ccccc1)c1ccccc1)c1ccccc1. The Morgan fingerprint density at radius 2 is 0.970 bits per heavy atom. The van der Waals surface area contributed by atoms with Gasteiger partial charge in [-0.3, -0.25) is 0 Å². The Morgan fingerprint density at radius 3 is 1.39 bits per heavy atom. The zero-order valence-corrected chi connectivity index (χ0v) is 20.1. The van der Waals surface area contributed by atoms with E-state index in [2.05, 4.69) is 84.7 Å². The molecule has 4 aromatic rings. The third-order valence-corrected chi connectivity index (χ3v) is 11.3. The van der Waals surface area contributed by atoms with E-state index in [1.165, 1.54) is 15.9 Å². The second-order valence-corrected chi connectivity index (χ2v) is 13.1. The maximum atomic E-state index is 12.6. The predicted octanol–water partition coefficient (Wildman–Crippen LogP) is 5.20. The van der Waals surface area contributed by atoms with Gasteiger partial charge in [0, 0.05) is 0 Å². The van der Waals surface area contributed by atoms with Gasteiger partial charge in [-0.2, -0.15) is 0 Å². The fourth-order valence-corrected chi connectivity index (χ4v) is 8.92. The molecule has 33 heavy (non-hydrogen) atoms. The van der Waals surface area contributed by atoms with Crippen LogP contribution in [0.2, 0.25) is 0 Å². The van der Waals surface area contributed by atoms with Crippen LogP contribution in [0.5, 0.6) is 0 Å². The molecule has 0 aliphatic rings. The van der Waals surface area contributed by atoms with E-state index >= 15 is 0 Å². The first-order valence-electron chi connectivity index (χ1n) is 11.0. The molecule has 0 spiro atoms. The molecule has 0 fully saturated rings. The van der Waals surface area contributed by atoms with Crippen molar-refractivity contribution in [3.05, 3.63) is 133 Å². The van der Waals surface area contributed by atoms with E-state index in [-0.39, 0.29) is 5.75 Å². The van der Waals surface area contributed by atoms with Gasteiger partial charge in [0.05, 0.1) is 10.6 Å². The molecule has 0 radical (unpaired) electrons. The summed E-state index contributed by atoms with van der Waals surface area (Å²) in [6.07, 6.45) is 4.50. The maximum absolute atomic E-state index is 12.6. The standard InChI is InChI=1S/C29H27O2PS/c30-33(31,29-22-12-4-13-23-29)25-15-5-14-24-32(26-16-6-1-7-17-26,27-18-8-2-9-19-27)28-20-10-3-11-21-28/h1-14,16-24H,15,25H2/b14-5+. The summed E-state index contributed by atoms with van der Waals surface area (Å²) in [6, 6.07) is 40.4. The Bertz CT molecular complexity index is 1240. The minimum Gasteiger partial charge on any atom is -0.224 e. The third kappa shape index (κ3) is 5.27. The van der Waals surface area contributed by atoms with Crippen molar-refractivity contribution in [1.29, 1.82) is 0 Å². The smallest absolute Gasteiger partial charge is 0.178 e. The van der Waals surface area contributed by atoms with Crippen molar-refractivity contribution >= 4 is 38.4 Å². The molecule has 0 saturated carbocycles. The van der Waals surface area contributed by atoms with Gasteiger partial charge in [0.15, 0.2) is 9.84 Å². The number of benzene rings is 4. The zero-order chi connectivity index (χ0) is 23.0. The van der Waals surface area contributed by atoms with Crippen LogP contribution in [0.3, 0.4) is 0 Å². The van der Waals surface area contributed by atoms with E-state index in [9.17, 15) is 8.42 Å². The minimum absolute atomic E-state index is 0.0921. The van der Waals surface area contributed by atoms with Gasteiger partial charge >= 0.3 is 0 Å². The number of sulfone groups is 1. The average Bonchev–Trinajstić information content (AvgIpc) is 2.88. The molecular weight excluding hydrogens is 443 g/mol. The van der Waals surface area contributed by atoms with Gasteiger partial charge in [-0.25, -0.2) is 8.42 Å². The molecule has 0 atom stereocenters. The molecule has 0 amide bonds. The second-order valence-electron chi connectivity index (χ2n) is 7.73. The summed E-state index contributed by atoms with van der Waals surface area (Å²) in [6.45, 7) is -2.05. The highest BCUT2D eigenvalue weighted by Gasteiger charge is 2.23. The highest BCUT2D eigenvalue weighted by atomic mass is 32.2. The van der Waals surface area contributed by atoms with Crippen LogP contribution in [0.25, 0.3) is 0 Å². The Hall–Kier alpha value is -3.13. The van der Waals surface area contributed by atoms with Gasteiger partial charge in [0.1, 0.15) is 0 Å². The molecule has 0 aromatic heterocycles. The zero-order valence-electron chi connectivity index (χ0n) is 18.4. The van der Waals surface area contributed by atoms with E-state index in [4.69, 9.17) is 0 Å². The van der Waals surface area contributed by atoms with Crippen molar-refractivity contribution in [2.45, 2.75) is 11.3 Å². The van der Waals surface area contributed by atoms with Crippen LogP contribution in [0, 0.1) is 0 Å². The molecule has 4 aromatic carbocycles. The molecule has 2 nitrogen and oxygen atoms in total. The van der Waals surface area contributed by atoms with Crippen LogP contribution in [-0.2, 0) is 9.84 Å². The number of rotatable bonds is 8. The molecule has 166 valence electrons. The van der Waals surface area contributed by atoms with Crippen LogP contribution in [0.15, 0.2) is 138 Å². The summed E-state index contributed by atoms with van der Waals surface area (Å²) >= 11 is 0. The summed E-state index contributed by atoms with van der Waals surface area (Å²) in [7, 11) is -3.29. The lowest BCUT2D eigenvalue weighted by molar-refractivity contribution is 0.596. The van der Waals surface area contributed by atoms with Crippen molar-refractivity contribution in [2.24, 2.45) is 0 Å². The lowest BCUT2D eigenvalue weighted by Gasteiger charge is -2.28. The molecule has 0 saturated heterocycles. The van der Waals surface area contributed by atoms with Crippen LogP contribution in [-0.4, -0.2) is 20.0 Å². The first kappa shape index (κ1) is 23.0. The lowest BCUT2D eigenvalue weighted by Crippen LogP contribution is -2.26. The van der Waals surface area contributed by atoms with Gasteiger partial charge in [-0.15, -0.1) is 0 Å². The summed E-state index contributed by atoms with van der Waals surface area (Å²) in [5.74, 6) is 2.39. The first-order chi connectivity index (χ1) is 16.1. The van der Waals surface area contributed by atoms with E-state index in [0.29, 0.717) is 11.3 Å². The van der Waals surface area contributed by atoms with Gasteiger partial charge in [-0.1, -0.05) is 127 Å². The molecule has 0 unspecified atom stereocenters. The van der Waals surface area contributed by atoms with Gasteiger partial charge in [-0.05, 0) is 41.4 Å². The molecule has 4 heteroatoms. The highest BCUT2D eigenvalue weighted by Crippen LogP contribution is 2.43. The van der Waals surface area contributed by atoms with Crippen LogP contribution >= 0.6 is 6.89 Å². The second kappa shape index (κ2) is 10.7. The van der Waals surface area contributed by atoms with Crippen molar-refractivity contribution in [1.82, 2.24) is 0 Å². The Labute approximate surface area is 197 Å².